The second kappa shape index (κ2) is 5.76. The molecule has 2 fully saturated rings. The van der Waals surface area contributed by atoms with Crippen molar-refractivity contribution in [3.05, 3.63) is 53.3 Å². The maximum Gasteiger partial charge on any atom is 0.248 e. The SMILES string of the molecule is CC[C@@H](c1ccccc1C(N)=O)C1[C@@H]2CC(n3cc(C)cn3)C[C@@H]12. The van der Waals surface area contributed by atoms with Crippen molar-refractivity contribution in [2.45, 2.75) is 45.1 Å². The highest BCUT2D eigenvalue weighted by molar-refractivity contribution is 5.94. The molecule has 2 saturated carbocycles. The Labute approximate surface area is 143 Å². The van der Waals surface area contributed by atoms with Crippen LogP contribution in [0.1, 0.15) is 59.6 Å². The van der Waals surface area contributed by atoms with Crippen LogP contribution in [0.5, 0.6) is 0 Å². The highest BCUT2D eigenvalue weighted by Crippen LogP contribution is 2.66. The topological polar surface area (TPSA) is 60.9 Å². The monoisotopic (exact) mass is 323 g/mol. The standard InChI is InChI=1S/C20H25N3O/c1-3-14(15-6-4-5-7-16(15)20(21)24)19-17-8-13(9-18(17)19)23-11-12(2)10-22-23/h4-7,10-11,13-14,17-19H,3,8-9H2,1-2H3,(H2,21,24)/t13?,14-,17+,18+,19?/m0/s1. The summed E-state index contributed by atoms with van der Waals surface area (Å²) in [6, 6.07) is 8.44. The molecule has 3 atom stereocenters. The van der Waals surface area contributed by atoms with E-state index in [4.69, 9.17) is 5.73 Å². The third-order valence-corrected chi connectivity index (χ3v) is 6.12. The predicted molar refractivity (Wildman–Crippen MR) is 93.7 cm³/mol. The van der Waals surface area contributed by atoms with Crippen molar-refractivity contribution in [1.29, 1.82) is 0 Å². The minimum Gasteiger partial charge on any atom is -0.366 e. The maximum absolute atomic E-state index is 11.8. The lowest BCUT2D eigenvalue weighted by atomic mass is 9.84. The Balaban J connectivity index is 1.51. The molecule has 126 valence electrons. The molecular weight excluding hydrogens is 298 g/mol. The van der Waals surface area contributed by atoms with Gasteiger partial charge in [-0.25, -0.2) is 0 Å². The summed E-state index contributed by atoms with van der Waals surface area (Å²) in [5, 5.41) is 4.49. The molecule has 4 nitrogen and oxygen atoms in total. The molecule has 24 heavy (non-hydrogen) atoms. The Hall–Kier alpha value is -2.10. The number of carbonyl (C=O) groups excluding carboxylic acids is 1. The highest BCUT2D eigenvalue weighted by atomic mass is 16.1. The lowest BCUT2D eigenvalue weighted by Crippen LogP contribution is -2.18. The number of benzene rings is 1. The lowest BCUT2D eigenvalue weighted by Gasteiger charge is -2.22. The van der Waals surface area contributed by atoms with Crippen molar-refractivity contribution < 1.29 is 4.79 Å². The second-order valence-corrected chi connectivity index (χ2v) is 7.49. The third kappa shape index (κ3) is 2.45. The van der Waals surface area contributed by atoms with Crippen LogP contribution in [-0.4, -0.2) is 15.7 Å². The molecule has 1 aromatic carbocycles. The van der Waals surface area contributed by atoms with Crippen LogP contribution in [0.2, 0.25) is 0 Å². The van der Waals surface area contributed by atoms with Crippen molar-refractivity contribution >= 4 is 5.91 Å². The average Bonchev–Trinajstić information content (AvgIpc) is 2.94. The van der Waals surface area contributed by atoms with Gasteiger partial charge in [-0.15, -0.1) is 0 Å². The smallest absolute Gasteiger partial charge is 0.248 e. The van der Waals surface area contributed by atoms with Crippen molar-refractivity contribution in [2.24, 2.45) is 23.5 Å². The van der Waals surface area contributed by atoms with Crippen LogP contribution in [0, 0.1) is 24.7 Å². The molecule has 1 heterocycles. The average molecular weight is 323 g/mol. The van der Waals surface area contributed by atoms with Crippen LogP contribution in [0.3, 0.4) is 0 Å². The van der Waals surface area contributed by atoms with Gasteiger partial charge in [0.15, 0.2) is 0 Å². The van der Waals surface area contributed by atoms with E-state index in [2.05, 4.69) is 35.9 Å². The normalized spacial score (nSPS) is 27.0. The fourth-order valence-corrected chi connectivity index (χ4v) is 5.05. The van der Waals surface area contributed by atoms with Crippen LogP contribution in [-0.2, 0) is 0 Å². The third-order valence-electron chi connectivity index (χ3n) is 6.12. The van der Waals surface area contributed by atoms with Gasteiger partial charge < -0.3 is 5.73 Å². The van der Waals surface area contributed by atoms with Crippen molar-refractivity contribution in [1.82, 2.24) is 9.78 Å². The molecule has 4 heteroatoms. The molecule has 0 bridgehead atoms. The molecule has 0 saturated heterocycles. The molecular formula is C20H25N3O. The molecule has 0 spiro atoms. The first-order valence-corrected chi connectivity index (χ1v) is 8.99. The Morgan fingerprint density at radius 2 is 2.04 bits per heavy atom. The van der Waals surface area contributed by atoms with Gasteiger partial charge in [0.1, 0.15) is 0 Å². The summed E-state index contributed by atoms with van der Waals surface area (Å²) in [7, 11) is 0. The number of primary amides is 1. The van der Waals surface area contributed by atoms with Gasteiger partial charge in [0, 0.05) is 11.8 Å². The first-order valence-electron chi connectivity index (χ1n) is 8.99. The largest absolute Gasteiger partial charge is 0.366 e. The summed E-state index contributed by atoms with van der Waals surface area (Å²) < 4.78 is 2.15. The summed E-state index contributed by atoms with van der Waals surface area (Å²) in [6.07, 6.45) is 7.59. The van der Waals surface area contributed by atoms with Gasteiger partial charge in [-0.2, -0.15) is 5.10 Å². The molecule has 2 aliphatic carbocycles. The number of carbonyl (C=O) groups is 1. The first kappa shape index (κ1) is 15.4. The fraction of sp³-hybridized carbons (Fsp3) is 0.500. The molecule has 0 unspecified atom stereocenters. The number of aromatic nitrogens is 2. The zero-order chi connectivity index (χ0) is 16.8. The van der Waals surface area contributed by atoms with Gasteiger partial charge >= 0.3 is 0 Å². The van der Waals surface area contributed by atoms with E-state index in [-0.39, 0.29) is 5.91 Å². The molecule has 2 N–H and O–H groups in total. The predicted octanol–water partition coefficient (Wildman–Crippen LogP) is 3.68. The van der Waals surface area contributed by atoms with Crippen molar-refractivity contribution in [3.8, 4) is 0 Å². The van der Waals surface area contributed by atoms with E-state index < -0.39 is 0 Å². The number of amides is 1. The van der Waals surface area contributed by atoms with E-state index in [0.717, 1.165) is 23.8 Å². The molecule has 2 aromatic rings. The summed E-state index contributed by atoms with van der Waals surface area (Å²) >= 11 is 0. The maximum atomic E-state index is 11.8. The Kier molecular flexibility index (Phi) is 3.70. The molecule has 0 radical (unpaired) electrons. The number of hydrogen-bond acceptors (Lipinski definition) is 2. The Bertz CT molecular complexity index is 754. The zero-order valence-corrected chi connectivity index (χ0v) is 14.4. The summed E-state index contributed by atoms with van der Waals surface area (Å²) in [5.74, 6) is 2.38. The lowest BCUT2D eigenvalue weighted by molar-refractivity contribution is 0.0998. The van der Waals surface area contributed by atoms with E-state index in [1.807, 2.05) is 24.4 Å². The molecule has 2 aliphatic rings. The quantitative estimate of drug-likeness (QED) is 0.912. The zero-order valence-electron chi connectivity index (χ0n) is 14.4. The highest BCUT2D eigenvalue weighted by Gasteiger charge is 2.59. The van der Waals surface area contributed by atoms with Crippen molar-refractivity contribution in [3.63, 3.8) is 0 Å². The first-order chi connectivity index (χ1) is 11.6. The molecule has 1 amide bonds. The van der Waals surface area contributed by atoms with Crippen LogP contribution in [0.25, 0.3) is 0 Å². The number of aryl methyl sites for hydroxylation is 1. The van der Waals surface area contributed by atoms with Crippen molar-refractivity contribution in [2.75, 3.05) is 0 Å². The molecule has 4 rings (SSSR count). The van der Waals surface area contributed by atoms with Gasteiger partial charge in [-0.3, -0.25) is 9.48 Å². The van der Waals surface area contributed by atoms with E-state index in [1.54, 1.807) is 0 Å². The van der Waals surface area contributed by atoms with Crippen LogP contribution in [0.15, 0.2) is 36.7 Å². The van der Waals surface area contributed by atoms with E-state index in [1.165, 1.54) is 18.4 Å². The van der Waals surface area contributed by atoms with Crippen LogP contribution < -0.4 is 5.73 Å². The number of hydrogen-bond donors (Lipinski definition) is 1. The van der Waals surface area contributed by atoms with Gasteiger partial charge in [-0.05, 0) is 67.1 Å². The number of rotatable bonds is 5. The van der Waals surface area contributed by atoms with Crippen LogP contribution >= 0.6 is 0 Å². The minimum atomic E-state index is -0.306. The Morgan fingerprint density at radius 3 is 2.62 bits per heavy atom. The summed E-state index contributed by atoms with van der Waals surface area (Å²) in [4.78, 5) is 11.8. The van der Waals surface area contributed by atoms with Gasteiger partial charge in [-0.1, -0.05) is 25.1 Å². The van der Waals surface area contributed by atoms with Gasteiger partial charge in [0.05, 0.1) is 12.2 Å². The number of nitrogens with two attached hydrogens (primary N) is 1. The molecule has 0 aliphatic heterocycles. The van der Waals surface area contributed by atoms with E-state index in [0.29, 0.717) is 23.4 Å². The minimum absolute atomic E-state index is 0.306. The fourth-order valence-electron chi connectivity index (χ4n) is 5.05. The Morgan fingerprint density at radius 1 is 1.33 bits per heavy atom. The second-order valence-electron chi connectivity index (χ2n) is 7.49. The number of fused-ring (bicyclic) bond motifs is 1. The summed E-state index contributed by atoms with van der Waals surface area (Å²) in [6.45, 7) is 4.32. The van der Waals surface area contributed by atoms with Crippen LogP contribution in [0.4, 0.5) is 0 Å². The number of nitrogens with zero attached hydrogens (tertiary/aromatic N) is 2. The van der Waals surface area contributed by atoms with Gasteiger partial charge in [0.2, 0.25) is 5.91 Å². The van der Waals surface area contributed by atoms with E-state index >= 15 is 0 Å². The van der Waals surface area contributed by atoms with Gasteiger partial charge in [0.25, 0.3) is 0 Å². The molecule has 1 aromatic heterocycles. The summed E-state index contributed by atoms with van der Waals surface area (Å²) in [5.41, 5.74) is 8.68. The van der Waals surface area contributed by atoms with E-state index in [9.17, 15) is 4.79 Å².